The molecule has 3 heteroatoms. The molecule has 0 aliphatic rings. The largest absolute Gasteiger partial charge is 0.465 e. The minimum atomic E-state index is -0.0891. The molecule has 0 aliphatic heterocycles. The zero-order chi connectivity index (χ0) is 11.9. The summed E-state index contributed by atoms with van der Waals surface area (Å²) in [7, 11) is 0. The molecule has 0 aromatic heterocycles. The maximum Gasteiger partial charge on any atom is 0.305 e. The van der Waals surface area contributed by atoms with Crippen LogP contribution in [0.5, 0.6) is 0 Å². The summed E-state index contributed by atoms with van der Waals surface area (Å²) in [6.45, 7) is 9.53. The van der Waals surface area contributed by atoms with E-state index in [9.17, 15) is 4.79 Å². The van der Waals surface area contributed by atoms with Crippen molar-refractivity contribution < 1.29 is 9.53 Å². The van der Waals surface area contributed by atoms with Gasteiger partial charge in [-0.3, -0.25) is 4.79 Å². The number of hydrogen-bond acceptors (Lipinski definition) is 3. The van der Waals surface area contributed by atoms with Crippen molar-refractivity contribution in [3.63, 3.8) is 0 Å². The molecule has 0 rings (SSSR count). The molecule has 0 fully saturated rings. The number of esters is 1. The molecule has 0 atom stereocenters. The molecule has 0 saturated carbocycles. The number of ether oxygens (including phenoxy) is 1. The van der Waals surface area contributed by atoms with E-state index in [2.05, 4.69) is 13.8 Å². The third-order valence-electron chi connectivity index (χ3n) is 2.40. The molecular formula is C12H25NO2. The second-order valence-corrected chi connectivity index (χ2v) is 5.28. The van der Waals surface area contributed by atoms with Crippen molar-refractivity contribution in [1.82, 2.24) is 0 Å². The summed E-state index contributed by atoms with van der Waals surface area (Å²) < 4.78 is 5.11. The lowest BCUT2D eigenvalue weighted by Crippen LogP contribution is -2.19. The lowest BCUT2D eigenvalue weighted by molar-refractivity contribution is -0.145. The first-order chi connectivity index (χ1) is 6.87. The maximum atomic E-state index is 11.3. The monoisotopic (exact) mass is 215 g/mol. The summed E-state index contributed by atoms with van der Waals surface area (Å²) in [6, 6.07) is 0. The Bertz CT molecular complexity index is 188. The molecule has 90 valence electrons. The van der Waals surface area contributed by atoms with Crippen LogP contribution in [0.3, 0.4) is 0 Å². The molecule has 0 aliphatic carbocycles. The van der Waals surface area contributed by atoms with Gasteiger partial charge in [0.25, 0.3) is 0 Å². The predicted molar refractivity (Wildman–Crippen MR) is 62.5 cm³/mol. The predicted octanol–water partition coefficient (Wildman–Crippen LogP) is 2.34. The highest BCUT2D eigenvalue weighted by Gasteiger charge is 2.18. The lowest BCUT2D eigenvalue weighted by Gasteiger charge is -2.23. The van der Waals surface area contributed by atoms with Gasteiger partial charge in [-0.1, -0.05) is 27.7 Å². The first-order valence-electron chi connectivity index (χ1n) is 5.73. The molecule has 0 spiro atoms. The summed E-state index contributed by atoms with van der Waals surface area (Å²) in [6.07, 6.45) is 2.30. The standard InChI is InChI=1S/C12H25NO2/c1-10(2)9-15-11(14)5-6-12(3,4)7-8-13/h10H,5-9,13H2,1-4H3. The lowest BCUT2D eigenvalue weighted by atomic mass is 9.84. The van der Waals surface area contributed by atoms with Crippen molar-refractivity contribution in [2.24, 2.45) is 17.1 Å². The Labute approximate surface area is 93.4 Å². The number of carbonyl (C=O) groups is 1. The van der Waals surface area contributed by atoms with Crippen LogP contribution in [0.15, 0.2) is 0 Å². The minimum absolute atomic E-state index is 0.0891. The second-order valence-electron chi connectivity index (χ2n) is 5.28. The minimum Gasteiger partial charge on any atom is -0.465 e. The van der Waals surface area contributed by atoms with Crippen molar-refractivity contribution >= 4 is 5.97 Å². The molecule has 0 radical (unpaired) electrons. The van der Waals surface area contributed by atoms with E-state index in [0.717, 1.165) is 12.8 Å². The van der Waals surface area contributed by atoms with Crippen molar-refractivity contribution in [1.29, 1.82) is 0 Å². The zero-order valence-corrected chi connectivity index (χ0v) is 10.5. The Balaban J connectivity index is 3.70. The van der Waals surface area contributed by atoms with Crippen molar-refractivity contribution in [2.75, 3.05) is 13.2 Å². The van der Waals surface area contributed by atoms with Crippen LogP contribution < -0.4 is 5.73 Å². The van der Waals surface area contributed by atoms with Crippen LogP contribution in [-0.4, -0.2) is 19.1 Å². The van der Waals surface area contributed by atoms with Crippen LogP contribution in [0.4, 0.5) is 0 Å². The third kappa shape index (κ3) is 8.43. The van der Waals surface area contributed by atoms with Gasteiger partial charge in [-0.25, -0.2) is 0 Å². The van der Waals surface area contributed by atoms with E-state index >= 15 is 0 Å². The number of hydrogen-bond donors (Lipinski definition) is 1. The van der Waals surface area contributed by atoms with Crippen LogP contribution in [0, 0.1) is 11.3 Å². The van der Waals surface area contributed by atoms with Gasteiger partial charge in [0, 0.05) is 6.42 Å². The summed E-state index contributed by atoms with van der Waals surface area (Å²) in [5.74, 6) is 0.319. The van der Waals surface area contributed by atoms with E-state index in [0.29, 0.717) is 25.5 Å². The first-order valence-corrected chi connectivity index (χ1v) is 5.73. The topological polar surface area (TPSA) is 52.3 Å². The third-order valence-corrected chi connectivity index (χ3v) is 2.40. The van der Waals surface area contributed by atoms with Gasteiger partial charge in [0.15, 0.2) is 0 Å². The molecule has 2 N–H and O–H groups in total. The quantitative estimate of drug-likeness (QED) is 0.663. The second kappa shape index (κ2) is 6.83. The van der Waals surface area contributed by atoms with Crippen LogP contribution in [-0.2, 0) is 9.53 Å². The zero-order valence-electron chi connectivity index (χ0n) is 10.5. The smallest absolute Gasteiger partial charge is 0.305 e. The van der Waals surface area contributed by atoms with Crippen molar-refractivity contribution in [3.05, 3.63) is 0 Å². The highest BCUT2D eigenvalue weighted by molar-refractivity contribution is 5.69. The molecule has 0 bridgehead atoms. The maximum absolute atomic E-state index is 11.3. The van der Waals surface area contributed by atoms with Gasteiger partial charge >= 0.3 is 5.97 Å². The summed E-state index contributed by atoms with van der Waals surface area (Å²) in [5, 5.41) is 0. The number of nitrogens with two attached hydrogens (primary N) is 1. The number of rotatable bonds is 7. The Kier molecular flexibility index (Phi) is 6.57. The van der Waals surface area contributed by atoms with Crippen LogP contribution in [0.1, 0.15) is 47.0 Å². The van der Waals surface area contributed by atoms with Crippen molar-refractivity contribution in [3.8, 4) is 0 Å². The Morgan fingerprint density at radius 2 is 1.93 bits per heavy atom. The van der Waals surface area contributed by atoms with Crippen LogP contribution in [0.2, 0.25) is 0 Å². The molecule has 0 unspecified atom stereocenters. The Morgan fingerprint density at radius 3 is 2.40 bits per heavy atom. The summed E-state index contributed by atoms with van der Waals surface area (Å²) >= 11 is 0. The van der Waals surface area contributed by atoms with Gasteiger partial charge in [-0.15, -0.1) is 0 Å². The van der Waals surface area contributed by atoms with Crippen molar-refractivity contribution in [2.45, 2.75) is 47.0 Å². The molecule has 0 aromatic carbocycles. The summed E-state index contributed by atoms with van der Waals surface area (Å²) in [4.78, 5) is 11.3. The fourth-order valence-electron chi connectivity index (χ4n) is 1.29. The van der Waals surface area contributed by atoms with E-state index in [1.807, 2.05) is 13.8 Å². The molecular weight excluding hydrogens is 190 g/mol. The molecule has 0 heterocycles. The van der Waals surface area contributed by atoms with Gasteiger partial charge in [-0.05, 0) is 30.7 Å². The fourth-order valence-corrected chi connectivity index (χ4v) is 1.29. The Morgan fingerprint density at radius 1 is 1.33 bits per heavy atom. The van der Waals surface area contributed by atoms with Gasteiger partial charge in [0.2, 0.25) is 0 Å². The van der Waals surface area contributed by atoms with E-state index in [1.165, 1.54) is 0 Å². The molecule has 15 heavy (non-hydrogen) atoms. The Hall–Kier alpha value is -0.570. The first kappa shape index (κ1) is 14.4. The van der Waals surface area contributed by atoms with Crippen LogP contribution in [0.25, 0.3) is 0 Å². The van der Waals surface area contributed by atoms with Gasteiger partial charge in [0.05, 0.1) is 6.61 Å². The molecule has 0 aromatic rings. The molecule has 0 amide bonds. The van der Waals surface area contributed by atoms with Crippen LogP contribution >= 0.6 is 0 Å². The fraction of sp³-hybridized carbons (Fsp3) is 0.917. The normalized spacial score (nSPS) is 11.9. The highest BCUT2D eigenvalue weighted by Crippen LogP contribution is 2.25. The van der Waals surface area contributed by atoms with Gasteiger partial charge < -0.3 is 10.5 Å². The average Bonchev–Trinajstić information content (AvgIpc) is 2.11. The molecule has 3 nitrogen and oxygen atoms in total. The summed E-state index contributed by atoms with van der Waals surface area (Å²) in [5.41, 5.74) is 5.65. The van der Waals surface area contributed by atoms with Gasteiger partial charge in [0.1, 0.15) is 0 Å². The van der Waals surface area contributed by atoms with E-state index in [1.54, 1.807) is 0 Å². The van der Waals surface area contributed by atoms with E-state index in [4.69, 9.17) is 10.5 Å². The van der Waals surface area contributed by atoms with E-state index in [-0.39, 0.29) is 11.4 Å². The highest BCUT2D eigenvalue weighted by atomic mass is 16.5. The average molecular weight is 215 g/mol. The molecule has 0 saturated heterocycles. The van der Waals surface area contributed by atoms with E-state index < -0.39 is 0 Å². The number of carbonyl (C=O) groups excluding carboxylic acids is 1. The van der Waals surface area contributed by atoms with Gasteiger partial charge in [-0.2, -0.15) is 0 Å². The SMILES string of the molecule is CC(C)COC(=O)CCC(C)(C)CCN.